The van der Waals surface area contributed by atoms with Gasteiger partial charge in [0.25, 0.3) is 5.91 Å². The van der Waals surface area contributed by atoms with Crippen molar-refractivity contribution in [3.05, 3.63) is 69.7 Å². The number of hydrogen-bond donors (Lipinski definition) is 2. The molecule has 3 N–H and O–H groups in total. The van der Waals surface area contributed by atoms with E-state index in [0.717, 1.165) is 11.1 Å². The monoisotopic (exact) mass is 351 g/mol. The van der Waals surface area contributed by atoms with E-state index in [2.05, 4.69) is 5.32 Å². The Morgan fingerprint density at radius 3 is 2.48 bits per heavy atom. The van der Waals surface area contributed by atoms with Crippen molar-refractivity contribution in [1.29, 1.82) is 0 Å². The van der Waals surface area contributed by atoms with Gasteiger partial charge in [-0.1, -0.05) is 59.6 Å². The molecule has 0 aliphatic rings. The number of quaternary nitrogens is 1. The summed E-state index contributed by atoms with van der Waals surface area (Å²) in [5.41, 5.74) is 2.06. The molecule has 0 aliphatic heterocycles. The molecule has 0 saturated carbocycles. The lowest BCUT2D eigenvalue weighted by atomic mass is 10.1. The Kier molecular flexibility index (Phi) is 6.46. The summed E-state index contributed by atoms with van der Waals surface area (Å²) in [5.74, 6) is -0.00158. The summed E-state index contributed by atoms with van der Waals surface area (Å²) in [7, 11) is 0. The fraction of sp³-hybridized carbons (Fsp3) is 0.278. The smallest absolute Gasteiger partial charge is 0.275 e. The maximum Gasteiger partial charge on any atom is 0.275 e. The van der Waals surface area contributed by atoms with E-state index in [9.17, 15) is 4.79 Å². The zero-order chi connectivity index (χ0) is 16.8. The van der Waals surface area contributed by atoms with Gasteiger partial charge in [-0.3, -0.25) is 4.79 Å². The van der Waals surface area contributed by atoms with Gasteiger partial charge in [0.1, 0.15) is 6.04 Å². The van der Waals surface area contributed by atoms with Crippen LogP contribution in [0.15, 0.2) is 48.5 Å². The first-order valence-corrected chi connectivity index (χ1v) is 8.35. The second-order valence-corrected chi connectivity index (χ2v) is 6.44. The lowest BCUT2D eigenvalue weighted by Gasteiger charge is -2.16. The molecule has 2 aromatic carbocycles. The molecular formula is C18H21Cl2N2O+. The first-order chi connectivity index (χ1) is 11.0. The average molecular weight is 352 g/mol. The topological polar surface area (TPSA) is 45.7 Å². The van der Waals surface area contributed by atoms with Crippen molar-refractivity contribution in [3.63, 3.8) is 0 Å². The van der Waals surface area contributed by atoms with Crippen LogP contribution in [0.4, 0.5) is 0 Å². The molecule has 0 aliphatic carbocycles. The molecule has 0 radical (unpaired) electrons. The number of halogens is 2. The van der Waals surface area contributed by atoms with Crippen molar-refractivity contribution in [2.24, 2.45) is 0 Å². The highest BCUT2D eigenvalue weighted by atomic mass is 35.5. The molecule has 3 nitrogen and oxygen atoms in total. The average Bonchev–Trinajstić information content (AvgIpc) is 2.53. The van der Waals surface area contributed by atoms with Crippen LogP contribution in [0.2, 0.25) is 10.0 Å². The minimum atomic E-state index is -0.00785. The van der Waals surface area contributed by atoms with Crippen molar-refractivity contribution in [3.8, 4) is 0 Å². The molecule has 0 aromatic heterocycles. The van der Waals surface area contributed by atoms with E-state index in [1.165, 1.54) is 0 Å². The van der Waals surface area contributed by atoms with Crippen LogP contribution in [-0.4, -0.2) is 12.5 Å². The van der Waals surface area contributed by atoms with E-state index in [-0.39, 0.29) is 18.0 Å². The quantitative estimate of drug-likeness (QED) is 0.821. The minimum Gasteiger partial charge on any atom is -0.345 e. The van der Waals surface area contributed by atoms with Crippen molar-refractivity contribution in [1.82, 2.24) is 5.32 Å². The van der Waals surface area contributed by atoms with E-state index in [4.69, 9.17) is 23.2 Å². The molecule has 5 heteroatoms. The number of amides is 1. The number of nitrogens with two attached hydrogens (primary N) is 1. The van der Waals surface area contributed by atoms with Gasteiger partial charge >= 0.3 is 0 Å². The maximum atomic E-state index is 12.1. The third kappa shape index (κ3) is 5.24. The van der Waals surface area contributed by atoms with Crippen LogP contribution < -0.4 is 10.6 Å². The molecule has 2 rings (SSSR count). The zero-order valence-corrected chi connectivity index (χ0v) is 14.7. The van der Waals surface area contributed by atoms with Gasteiger partial charge in [-0.2, -0.15) is 0 Å². The Labute approximate surface area is 147 Å². The summed E-state index contributed by atoms with van der Waals surface area (Å²) in [5, 5.41) is 6.20. The molecular weight excluding hydrogens is 331 g/mol. The summed E-state index contributed by atoms with van der Waals surface area (Å²) in [6.07, 6.45) is 0. The van der Waals surface area contributed by atoms with E-state index in [0.29, 0.717) is 16.6 Å². The van der Waals surface area contributed by atoms with Crippen LogP contribution in [0.3, 0.4) is 0 Å². The van der Waals surface area contributed by atoms with Gasteiger partial charge in [-0.15, -0.1) is 0 Å². The van der Waals surface area contributed by atoms with Gasteiger partial charge in [0.05, 0.1) is 11.1 Å². The molecule has 0 unspecified atom stereocenters. The second-order valence-electron chi connectivity index (χ2n) is 5.59. The maximum absolute atomic E-state index is 12.1. The van der Waals surface area contributed by atoms with Crippen LogP contribution in [0.5, 0.6) is 0 Å². The summed E-state index contributed by atoms with van der Waals surface area (Å²) >= 11 is 12.1. The lowest BCUT2D eigenvalue weighted by Crippen LogP contribution is -2.87. The van der Waals surface area contributed by atoms with Crippen molar-refractivity contribution >= 4 is 29.1 Å². The number of rotatable bonds is 6. The highest BCUT2D eigenvalue weighted by Gasteiger charge is 2.16. The molecule has 1 amide bonds. The molecule has 0 spiro atoms. The van der Waals surface area contributed by atoms with Gasteiger partial charge in [-0.25, -0.2) is 0 Å². The molecule has 0 bridgehead atoms. The van der Waals surface area contributed by atoms with Gasteiger partial charge < -0.3 is 10.6 Å². The van der Waals surface area contributed by atoms with Crippen molar-refractivity contribution in [2.75, 3.05) is 6.54 Å². The van der Waals surface area contributed by atoms with Crippen molar-refractivity contribution < 1.29 is 10.1 Å². The van der Waals surface area contributed by atoms with Crippen molar-refractivity contribution in [2.45, 2.75) is 25.9 Å². The van der Waals surface area contributed by atoms with E-state index >= 15 is 0 Å². The molecule has 0 fully saturated rings. The molecule has 122 valence electrons. The summed E-state index contributed by atoms with van der Waals surface area (Å²) < 4.78 is 0. The summed E-state index contributed by atoms with van der Waals surface area (Å²) in [4.78, 5) is 12.1. The Bertz CT molecular complexity index is 661. The SMILES string of the molecule is C[C@@H](NC(=O)C[NH2+][C@H](C)c1ccc(Cl)cc1Cl)c1ccccc1. The van der Waals surface area contributed by atoms with Crippen LogP contribution in [0.1, 0.15) is 37.1 Å². The van der Waals surface area contributed by atoms with E-state index in [1.54, 1.807) is 6.07 Å². The molecule has 0 saturated heterocycles. The van der Waals surface area contributed by atoms with Gasteiger partial charge in [0, 0.05) is 10.6 Å². The first-order valence-electron chi connectivity index (χ1n) is 7.60. The number of carbonyl (C=O) groups is 1. The number of carbonyl (C=O) groups excluding carboxylic acids is 1. The number of hydrogen-bond acceptors (Lipinski definition) is 1. The predicted octanol–water partition coefficient (Wildman–Crippen LogP) is 3.50. The summed E-state index contributed by atoms with van der Waals surface area (Å²) in [6.45, 7) is 4.34. The van der Waals surface area contributed by atoms with E-state index in [1.807, 2.05) is 61.6 Å². The number of benzene rings is 2. The second kappa shape index (κ2) is 8.34. The Morgan fingerprint density at radius 1 is 1.13 bits per heavy atom. The molecule has 2 atom stereocenters. The van der Waals surface area contributed by atoms with E-state index < -0.39 is 0 Å². The fourth-order valence-electron chi connectivity index (χ4n) is 2.41. The Balaban J connectivity index is 1.86. The Hall–Kier alpha value is -1.55. The summed E-state index contributed by atoms with van der Waals surface area (Å²) in [6, 6.07) is 15.4. The van der Waals surface area contributed by atoms with Gasteiger partial charge in [0.2, 0.25) is 0 Å². The van der Waals surface area contributed by atoms with Gasteiger partial charge in [-0.05, 0) is 31.5 Å². The van der Waals surface area contributed by atoms with Crippen LogP contribution in [-0.2, 0) is 4.79 Å². The van der Waals surface area contributed by atoms with Crippen LogP contribution >= 0.6 is 23.2 Å². The lowest BCUT2D eigenvalue weighted by molar-refractivity contribution is -0.682. The largest absolute Gasteiger partial charge is 0.345 e. The normalized spacial score (nSPS) is 13.4. The third-order valence-electron chi connectivity index (χ3n) is 3.79. The predicted molar refractivity (Wildman–Crippen MR) is 94.7 cm³/mol. The third-order valence-corrected chi connectivity index (χ3v) is 4.35. The van der Waals surface area contributed by atoms with Crippen LogP contribution in [0.25, 0.3) is 0 Å². The molecule has 2 aromatic rings. The standard InChI is InChI=1S/C18H20Cl2N2O/c1-12(14-6-4-3-5-7-14)22-18(23)11-21-13(2)16-9-8-15(19)10-17(16)20/h3-10,12-13,21H,11H2,1-2H3,(H,22,23)/p+1/t12-,13-/m1/s1. The number of nitrogens with one attached hydrogen (secondary N) is 1. The minimum absolute atomic E-state index is 0.00158. The molecule has 23 heavy (non-hydrogen) atoms. The molecule has 0 heterocycles. The van der Waals surface area contributed by atoms with Crippen LogP contribution in [0, 0.1) is 0 Å². The first kappa shape index (κ1) is 17.8. The fourth-order valence-corrected chi connectivity index (χ4v) is 2.99. The van der Waals surface area contributed by atoms with Gasteiger partial charge in [0.15, 0.2) is 6.54 Å². The highest BCUT2D eigenvalue weighted by Crippen LogP contribution is 2.24. The highest BCUT2D eigenvalue weighted by molar-refractivity contribution is 6.35. The zero-order valence-electron chi connectivity index (χ0n) is 13.2. The Morgan fingerprint density at radius 2 is 1.83 bits per heavy atom.